The van der Waals surface area contributed by atoms with Gasteiger partial charge >= 0.3 is 0 Å². The molecule has 0 radical (unpaired) electrons. The molecule has 1 saturated heterocycles. The van der Waals surface area contributed by atoms with E-state index in [1.807, 2.05) is 30.0 Å². The van der Waals surface area contributed by atoms with E-state index in [0.29, 0.717) is 30.1 Å². The maximum Gasteiger partial charge on any atom is 0.254 e. The Morgan fingerprint density at radius 2 is 2.04 bits per heavy atom. The molecule has 1 heterocycles. The summed E-state index contributed by atoms with van der Waals surface area (Å²) >= 11 is 0. The molecule has 1 aliphatic carbocycles. The molecule has 3 rings (SSSR count). The van der Waals surface area contributed by atoms with E-state index in [4.69, 9.17) is 4.74 Å². The van der Waals surface area contributed by atoms with Gasteiger partial charge in [-0.25, -0.2) is 0 Å². The van der Waals surface area contributed by atoms with Crippen LogP contribution in [0.2, 0.25) is 0 Å². The molecule has 0 spiro atoms. The molecule has 5 heteroatoms. The van der Waals surface area contributed by atoms with Crippen LogP contribution in [0.3, 0.4) is 0 Å². The van der Waals surface area contributed by atoms with Gasteiger partial charge < -0.3 is 15.0 Å². The highest BCUT2D eigenvalue weighted by molar-refractivity contribution is 5.97. The Balaban J connectivity index is 1.71. The fraction of sp³-hybridized carbons (Fsp3) is 0.600. The number of anilines is 1. The first-order valence-corrected chi connectivity index (χ1v) is 9.46. The van der Waals surface area contributed by atoms with Crippen molar-refractivity contribution in [3.8, 4) is 0 Å². The Hall–Kier alpha value is -1.88. The minimum atomic E-state index is -0.0460. The number of nitrogens with one attached hydrogen (secondary N) is 1. The number of benzene rings is 1. The highest BCUT2D eigenvalue weighted by Gasteiger charge is 2.28. The third-order valence-corrected chi connectivity index (χ3v) is 5.15. The lowest BCUT2D eigenvalue weighted by Gasteiger charge is -2.33. The fourth-order valence-corrected chi connectivity index (χ4v) is 3.42. The molecule has 1 aromatic carbocycles. The third kappa shape index (κ3) is 4.82. The van der Waals surface area contributed by atoms with Gasteiger partial charge in [-0.1, -0.05) is 19.4 Å². The lowest BCUT2D eigenvalue weighted by Crippen LogP contribution is -2.41. The normalized spacial score (nSPS) is 20.1. The van der Waals surface area contributed by atoms with Crippen molar-refractivity contribution in [1.29, 1.82) is 0 Å². The number of carbonyl (C=O) groups excluding carboxylic acids is 2. The molecule has 0 bridgehead atoms. The average Bonchev–Trinajstić information content (AvgIpc) is 3.09. The minimum Gasteiger partial charge on any atom is -0.376 e. The topological polar surface area (TPSA) is 58.6 Å². The molecular formula is C20H28N2O3. The number of amides is 2. The second-order valence-corrected chi connectivity index (χ2v) is 7.12. The fourth-order valence-electron chi connectivity index (χ4n) is 3.42. The number of nitrogens with zero attached hydrogens (tertiary/aromatic N) is 1. The predicted octanol–water partition coefficient (Wildman–Crippen LogP) is 3.46. The van der Waals surface area contributed by atoms with Crippen LogP contribution in [0, 0.1) is 5.92 Å². The summed E-state index contributed by atoms with van der Waals surface area (Å²) < 4.78 is 5.74. The maximum absolute atomic E-state index is 13.1. The SMILES string of the molecule is CCC(=O)Nc1cccc(C(=O)N(CC2CCC2)C[C@H]2CCCO2)c1. The molecule has 2 aliphatic rings. The lowest BCUT2D eigenvalue weighted by atomic mass is 9.85. The van der Waals surface area contributed by atoms with E-state index in [0.717, 1.165) is 26.0 Å². The van der Waals surface area contributed by atoms with Crippen LogP contribution in [0.4, 0.5) is 5.69 Å². The molecule has 2 amide bonds. The van der Waals surface area contributed by atoms with Crippen LogP contribution in [-0.2, 0) is 9.53 Å². The molecule has 2 fully saturated rings. The summed E-state index contributed by atoms with van der Waals surface area (Å²) in [5, 5.41) is 2.83. The summed E-state index contributed by atoms with van der Waals surface area (Å²) in [6, 6.07) is 7.25. The van der Waals surface area contributed by atoms with Crippen molar-refractivity contribution in [3.63, 3.8) is 0 Å². The van der Waals surface area contributed by atoms with Crippen LogP contribution in [0.1, 0.15) is 55.8 Å². The van der Waals surface area contributed by atoms with Crippen molar-refractivity contribution >= 4 is 17.5 Å². The molecule has 0 unspecified atom stereocenters. The first-order valence-electron chi connectivity index (χ1n) is 9.46. The van der Waals surface area contributed by atoms with Gasteiger partial charge in [-0.05, 0) is 49.8 Å². The molecule has 1 aromatic rings. The van der Waals surface area contributed by atoms with Crippen molar-refractivity contribution in [2.24, 2.45) is 5.92 Å². The number of ether oxygens (including phenoxy) is 1. The number of rotatable bonds is 7. The van der Waals surface area contributed by atoms with Gasteiger partial charge in [-0.15, -0.1) is 0 Å². The molecule has 1 saturated carbocycles. The van der Waals surface area contributed by atoms with Crippen molar-refractivity contribution in [1.82, 2.24) is 4.90 Å². The second kappa shape index (κ2) is 8.48. The van der Waals surface area contributed by atoms with Crippen LogP contribution >= 0.6 is 0 Å². The van der Waals surface area contributed by atoms with E-state index >= 15 is 0 Å². The molecule has 25 heavy (non-hydrogen) atoms. The molecule has 1 aliphatic heterocycles. The van der Waals surface area contributed by atoms with E-state index in [1.54, 1.807) is 6.07 Å². The predicted molar refractivity (Wildman–Crippen MR) is 97.6 cm³/mol. The first-order chi connectivity index (χ1) is 12.2. The van der Waals surface area contributed by atoms with Crippen LogP contribution in [0.5, 0.6) is 0 Å². The van der Waals surface area contributed by atoms with E-state index < -0.39 is 0 Å². The summed E-state index contributed by atoms with van der Waals surface area (Å²) in [6.45, 7) is 4.09. The molecule has 1 N–H and O–H groups in total. The lowest BCUT2D eigenvalue weighted by molar-refractivity contribution is -0.115. The largest absolute Gasteiger partial charge is 0.376 e. The van der Waals surface area contributed by atoms with Gasteiger partial charge in [0.25, 0.3) is 5.91 Å². The maximum atomic E-state index is 13.1. The zero-order chi connectivity index (χ0) is 17.6. The van der Waals surface area contributed by atoms with Gasteiger partial charge in [0.1, 0.15) is 0 Å². The summed E-state index contributed by atoms with van der Waals surface area (Å²) in [7, 11) is 0. The summed E-state index contributed by atoms with van der Waals surface area (Å²) in [4.78, 5) is 26.6. The molecule has 5 nitrogen and oxygen atoms in total. The van der Waals surface area contributed by atoms with Gasteiger partial charge in [0.15, 0.2) is 0 Å². The van der Waals surface area contributed by atoms with Crippen molar-refractivity contribution < 1.29 is 14.3 Å². The highest BCUT2D eigenvalue weighted by atomic mass is 16.5. The van der Waals surface area contributed by atoms with Crippen LogP contribution in [0.25, 0.3) is 0 Å². The molecule has 1 atom stereocenters. The molecular weight excluding hydrogens is 316 g/mol. The Labute approximate surface area is 149 Å². The Kier molecular flexibility index (Phi) is 6.08. The Bertz CT molecular complexity index is 607. The standard InChI is InChI=1S/C20H28N2O3/c1-2-19(23)21-17-9-4-8-16(12-17)20(24)22(13-15-6-3-7-15)14-18-10-5-11-25-18/h4,8-9,12,15,18H,2-3,5-7,10-11,13-14H2,1H3,(H,21,23)/t18-/m1/s1. The van der Waals surface area contributed by atoms with Crippen molar-refractivity contribution in [3.05, 3.63) is 29.8 Å². The van der Waals surface area contributed by atoms with Crippen LogP contribution < -0.4 is 5.32 Å². The quantitative estimate of drug-likeness (QED) is 0.824. The van der Waals surface area contributed by atoms with Gasteiger partial charge in [0.05, 0.1) is 6.10 Å². The van der Waals surface area contributed by atoms with Gasteiger partial charge in [-0.3, -0.25) is 9.59 Å². The van der Waals surface area contributed by atoms with E-state index in [-0.39, 0.29) is 17.9 Å². The molecule has 136 valence electrons. The smallest absolute Gasteiger partial charge is 0.254 e. The average molecular weight is 344 g/mol. The Morgan fingerprint density at radius 3 is 2.68 bits per heavy atom. The van der Waals surface area contributed by atoms with Crippen LogP contribution in [-0.4, -0.2) is 42.5 Å². The zero-order valence-electron chi connectivity index (χ0n) is 15.0. The summed E-state index contributed by atoms with van der Waals surface area (Å²) in [5.41, 5.74) is 1.31. The van der Waals surface area contributed by atoms with E-state index in [9.17, 15) is 9.59 Å². The number of carbonyl (C=O) groups is 2. The van der Waals surface area contributed by atoms with Crippen molar-refractivity contribution in [2.75, 3.05) is 25.0 Å². The van der Waals surface area contributed by atoms with Gasteiger partial charge in [0.2, 0.25) is 5.91 Å². The first kappa shape index (κ1) is 17.9. The monoisotopic (exact) mass is 344 g/mol. The number of hydrogen-bond donors (Lipinski definition) is 1. The molecule has 0 aromatic heterocycles. The minimum absolute atomic E-state index is 0.0370. The number of hydrogen-bond acceptors (Lipinski definition) is 3. The Morgan fingerprint density at radius 1 is 1.20 bits per heavy atom. The highest BCUT2D eigenvalue weighted by Crippen LogP contribution is 2.28. The second-order valence-electron chi connectivity index (χ2n) is 7.12. The van der Waals surface area contributed by atoms with Crippen molar-refractivity contribution in [2.45, 2.75) is 51.6 Å². The van der Waals surface area contributed by atoms with Gasteiger partial charge in [0, 0.05) is 37.4 Å². The van der Waals surface area contributed by atoms with Gasteiger partial charge in [-0.2, -0.15) is 0 Å². The van der Waals surface area contributed by atoms with Crippen LogP contribution in [0.15, 0.2) is 24.3 Å². The summed E-state index contributed by atoms with van der Waals surface area (Å²) in [6.07, 6.45) is 6.38. The van der Waals surface area contributed by atoms with E-state index in [1.165, 1.54) is 19.3 Å². The zero-order valence-corrected chi connectivity index (χ0v) is 15.0. The third-order valence-electron chi connectivity index (χ3n) is 5.15. The summed E-state index contributed by atoms with van der Waals surface area (Å²) in [5.74, 6) is 0.610. The van der Waals surface area contributed by atoms with E-state index in [2.05, 4.69) is 5.32 Å².